The molecule has 0 unspecified atom stereocenters. The molecular formula is C19H18Cl2N4O2S2. The predicted molar refractivity (Wildman–Crippen MR) is 119 cm³/mol. The first-order valence-corrected chi connectivity index (χ1v) is 11.1. The molecule has 10 heteroatoms. The average molecular weight is 469 g/mol. The third kappa shape index (κ3) is 5.82. The van der Waals surface area contributed by atoms with Crippen molar-refractivity contribution < 1.29 is 9.90 Å². The number of carboxylic acid groups (broad SMARTS) is 1. The number of benzene rings is 1. The molecule has 2 heterocycles. The standard InChI is InChI=1S/C19H18Cl2N4O2S2/c1-19(2,16(26)27)29-18-25-13(10-28-18)5-6-22-17-23-8-11(9-24-17)14-4-3-12(20)7-15(14)21/h3-4,7-10H,5-6H2,1-2H3,(H,26,27)(H,22,23,24). The molecule has 1 aromatic carbocycles. The number of aliphatic carboxylic acids is 1. The molecule has 29 heavy (non-hydrogen) atoms. The molecule has 0 aliphatic carbocycles. The summed E-state index contributed by atoms with van der Waals surface area (Å²) in [5.41, 5.74) is 2.52. The zero-order chi connectivity index (χ0) is 21.0. The minimum absolute atomic E-state index is 0.510. The molecule has 0 fully saturated rings. The van der Waals surface area contributed by atoms with Crippen molar-refractivity contribution in [3.05, 3.63) is 51.7 Å². The van der Waals surface area contributed by atoms with Crippen LogP contribution < -0.4 is 5.32 Å². The Balaban J connectivity index is 1.54. The van der Waals surface area contributed by atoms with Gasteiger partial charge in [0.2, 0.25) is 5.95 Å². The van der Waals surface area contributed by atoms with Gasteiger partial charge in [-0.25, -0.2) is 15.0 Å². The number of anilines is 1. The third-order valence-electron chi connectivity index (χ3n) is 3.95. The number of rotatable bonds is 8. The second-order valence-electron chi connectivity index (χ2n) is 6.62. The van der Waals surface area contributed by atoms with Crippen LogP contribution in [0.5, 0.6) is 0 Å². The maximum absolute atomic E-state index is 11.2. The van der Waals surface area contributed by atoms with Crippen LogP contribution >= 0.6 is 46.3 Å². The van der Waals surface area contributed by atoms with Gasteiger partial charge in [0.1, 0.15) is 4.75 Å². The maximum atomic E-state index is 11.2. The fourth-order valence-corrected chi connectivity index (χ4v) is 5.04. The number of thiazole rings is 1. The van der Waals surface area contributed by atoms with Crippen LogP contribution in [0.4, 0.5) is 5.95 Å². The molecule has 0 aliphatic heterocycles. The molecule has 6 nitrogen and oxygen atoms in total. The second-order valence-corrected chi connectivity index (χ2v) is 10.2. The van der Waals surface area contributed by atoms with Crippen molar-refractivity contribution >= 4 is 58.2 Å². The van der Waals surface area contributed by atoms with E-state index in [1.54, 1.807) is 38.4 Å². The first kappa shape index (κ1) is 21.8. The fraction of sp³-hybridized carbons (Fsp3) is 0.263. The van der Waals surface area contributed by atoms with E-state index in [-0.39, 0.29) is 0 Å². The summed E-state index contributed by atoms with van der Waals surface area (Å²) in [5.74, 6) is -0.350. The minimum Gasteiger partial charge on any atom is -0.480 e. The molecule has 0 radical (unpaired) electrons. The summed E-state index contributed by atoms with van der Waals surface area (Å²) < 4.78 is -0.163. The summed E-state index contributed by atoms with van der Waals surface area (Å²) in [6.45, 7) is 3.94. The van der Waals surface area contributed by atoms with Crippen LogP contribution in [0.25, 0.3) is 11.1 Å². The molecular weight excluding hydrogens is 451 g/mol. The fourth-order valence-electron chi connectivity index (χ4n) is 2.30. The highest BCUT2D eigenvalue weighted by Crippen LogP contribution is 2.34. The lowest BCUT2D eigenvalue weighted by Gasteiger charge is -2.15. The number of halogens is 2. The van der Waals surface area contributed by atoms with Gasteiger partial charge in [-0.05, 0) is 26.0 Å². The van der Waals surface area contributed by atoms with Gasteiger partial charge in [0.05, 0.1) is 5.69 Å². The molecule has 3 aromatic rings. The van der Waals surface area contributed by atoms with Gasteiger partial charge in [-0.2, -0.15) is 0 Å². The average Bonchev–Trinajstić information content (AvgIpc) is 3.09. The lowest BCUT2D eigenvalue weighted by molar-refractivity contribution is -0.138. The number of carboxylic acids is 1. The van der Waals surface area contributed by atoms with E-state index < -0.39 is 10.7 Å². The Labute approximate surface area is 186 Å². The quantitative estimate of drug-likeness (QED) is 0.420. The molecule has 0 aliphatic rings. The molecule has 2 aromatic heterocycles. The zero-order valence-corrected chi connectivity index (χ0v) is 18.8. The molecule has 0 spiro atoms. The van der Waals surface area contributed by atoms with Crippen molar-refractivity contribution in [1.29, 1.82) is 0 Å². The van der Waals surface area contributed by atoms with E-state index in [2.05, 4.69) is 20.3 Å². The van der Waals surface area contributed by atoms with Gasteiger partial charge >= 0.3 is 5.97 Å². The minimum atomic E-state index is -0.907. The van der Waals surface area contributed by atoms with E-state index in [0.29, 0.717) is 29.0 Å². The van der Waals surface area contributed by atoms with E-state index in [9.17, 15) is 9.90 Å². The van der Waals surface area contributed by atoms with Crippen LogP contribution in [-0.4, -0.2) is 37.3 Å². The summed E-state index contributed by atoms with van der Waals surface area (Å²) in [6, 6.07) is 5.29. The van der Waals surface area contributed by atoms with Gasteiger partial charge in [0.15, 0.2) is 4.34 Å². The van der Waals surface area contributed by atoms with Crippen LogP contribution in [0.2, 0.25) is 10.0 Å². The highest BCUT2D eigenvalue weighted by atomic mass is 35.5. The first-order valence-electron chi connectivity index (χ1n) is 8.63. The number of thioether (sulfide) groups is 1. The van der Waals surface area contributed by atoms with Gasteiger partial charge in [-0.15, -0.1) is 11.3 Å². The summed E-state index contributed by atoms with van der Waals surface area (Å²) in [6.07, 6.45) is 4.09. The molecule has 152 valence electrons. The topological polar surface area (TPSA) is 88.0 Å². The third-order valence-corrected chi connectivity index (χ3v) is 6.67. The second kappa shape index (κ2) is 9.30. The van der Waals surface area contributed by atoms with E-state index in [0.717, 1.165) is 21.2 Å². The Hall–Kier alpha value is -1.87. The van der Waals surface area contributed by atoms with Gasteiger partial charge in [-0.3, -0.25) is 4.79 Å². The summed E-state index contributed by atoms with van der Waals surface area (Å²) >= 11 is 14.8. The van der Waals surface area contributed by atoms with Gasteiger partial charge < -0.3 is 10.4 Å². The van der Waals surface area contributed by atoms with Gasteiger partial charge in [-0.1, -0.05) is 41.0 Å². The normalized spacial score (nSPS) is 11.4. The monoisotopic (exact) mass is 468 g/mol. The van der Waals surface area contributed by atoms with Crippen LogP contribution in [-0.2, 0) is 11.2 Å². The van der Waals surface area contributed by atoms with E-state index >= 15 is 0 Å². The van der Waals surface area contributed by atoms with Crippen LogP contribution in [0.1, 0.15) is 19.5 Å². The summed E-state index contributed by atoms with van der Waals surface area (Å²) in [4.78, 5) is 24.4. The number of nitrogens with one attached hydrogen (secondary N) is 1. The lowest BCUT2D eigenvalue weighted by Crippen LogP contribution is -2.26. The number of nitrogens with zero attached hydrogens (tertiary/aromatic N) is 3. The van der Waals surface area contributed by atoms with Crippen LogP contribution in [0, 0.1) is 0 Å². The van der Waals surface area contributed by atoms with Crippen molar-refractivity contribution in [2.75, 3.05) is 11.9 Å². The van der Waals surface area contributed by atoms with Gasteiger partial charge in [0, 0.05) is 51.9 Å². The van der Waals surface area contributed by atoms with Gasteiger partial charge in [0.25, 0.3) is 0 Å². The first-order chi connectivity index (χ1) is 13.7. The van der Waals surface area contributed by atoms with Crippen LogP contribution in [0.3, 0.4) is 0 Å². The van der Waals surface area contributed by atoms with Crippen molar-refractivity contribution in [2.45, 2.75) is 29.4 Å². The number of carbonyl (C=O) groups is 1. The van der Waals surface area contributed by atoms with Crippen molar-refractivity contribution in [3.63, 3.8) is 0 Å². The Morgan fingerprint density at radius 3 is 2.66 bits per heavy atom. The van der Waals surface area contributed by atoms with E-state index in [1.807, 2.05) is 11.4 Å². The van der Waals surface area contributed by atoms with Crippen molar-refractivity contribution in [3.8, 4) is 11.1 Å². The van der Waals surface area contributed by atoms with E-state index in [4.69, 9.17) is 23.2 Å². The molecule has 2 N–H and O–H groups in total. The van der Waals surface area contributed by atoms with Crippen molar-refractivity contribution in [1.82, 2.24) is 15.0 Å². The lowest BCUT2D eigenvalue weighted by atomic mass is 10.1. The van der Waals surface area contributed by atoms with E-state index in [1.165, 1.54) is 23.1 Å². The Bertz CT molecular complexity index is 1010. The molecule has 0 atom stereocenters. The molecule has 0 amide bonds. The SMILES string of the molecule is CC(C)(Sc1nc(CCNc2ncc(-c3ccc(Cl)cc3Cl)cn2)cs1)C(=O)O. The highest BCUT2D eigenvalue weighted by Gasteiger charge is 2.29. The smallest absolute Gasteiger partial charge is 0.319 e. The molecule has 0 bridgehead atoms. The van der Waals surface area contributed by atoms with Crippen molar-refractivity contribution in [2.24, 2.45) is 0 Å². The maximum Gasteiger partial charge on any atom is 0.319 e. The number of hydrogen-bond donors (Lipinski definition) is 2. The summed E-state index contributed by atoms with van der Waals surface area (Å²) in [5, 5.41) is 15.4. The summed E-state index contributed by atoms with van der Waals surface area (Å²) in [7, 11) is 0. The largest absolute Gasteiger partial charge is 0.480 e. The number of hydrogen-bond acceptors (Lipinski definition) is 7. The molecule has 0 saturated carbocycles. The highest BCUT2D eigenvalue weighted by molar-refractivity contribution is 8.02. The van der Waals surface area contributed by atoms with Crippen LogP contribution in [0.15, 0.2) is 40.3 Å². The Morgan fingerprint density at radius 2 is 2.00 bits per heavy atom. The molecule has 0 saturated heterocycles. The zero-order valence-electron chi connectivity index (χ0n) is 15.6. The Kier molecular flexibility index (Phi) is 7.00. The predicted octanol–water partition coefficient (Wildman–Crippen LogP) is 5.52. The molecule has 3 rings (SSSR count). The Morgan fingerprint density at radius 1 is 1.28 bits per heavy atom. The number of aromatic nitrogens is 3.